The number of hydrogen-bond donors (Lipinski definition) is 1. The van der Waals surface area contributed by atoms with Gasteiger partial charge in [-0.15, -0.1) is 0 Å². The van der Waals surface area contributed by atoms with Crippen molar-refractivity contribution in [1.29, 1.82) is 0 Å². The number of carbonyl (C=O) groups excluding carboxylic acids is 1. The molecule has 150 valence electrons. The van der Waals surface area contributed by atoms with Gasteiger partial charge in [-0.25, -0.2) is 8.42 Å². The number of benzene rings is 2. The van der Waals surface area contributed by atoms with Crippen LogP contribution in [0.25, 0.3) is 0 Å². The Kier molecular flexibility index (Phi) is 5.91. The molecule has 2 aromatic carbocycles. The van der Waals surface area contributed by atoms with Gasteiger partial charge >= 0.3 is 0 Å². The van der Waals surface area contributed by atoms with Crippen molar-refractivity contribution in [2.75, 3.05) is 18.4 Å². The predicted octanol–water partition coefficient (Wildman–Crippen LogP) is 4.35. The molecule has 0 aromatic heterocycles. The molecule has 28 heavy (non-hydrogen) atoms. The zero-order valence-corrected chi connectivity index (χ0v) is 17.8. The molecule has 0 unspecified atom stereocenters. The van der Waals surface area contributed by atoms with E-state index in [4.69, 9.17) is 0 Å². The second kappa shape index (κ2) is 8.05. The Morgan fingerprint density at radius 2 is 1.50 bits per heavy atom. The predicted molar refractivity (Wildman–Crippen MR) is 112 cm³/mol. The third-order valence-electron chi connectivity index (χ3n) is 5.32. The molecule has 5 nitrogen and oxygen atoms in total. The van der Waals surface area contributed by atoms with E-state index in [0.717, 1.165) is 47.2 Å². The maximum atomic E-state index is 13.0. The molecule has 1 aliphatic heterocycles. The first kappa shape index (κ1) is 20.6. The summed E-state index contributed by atoms with van der Waals surface area (Å²) >= 11 is 0. The topological polar surface area (TPSA) is 66.5 Å². The Bertz CT molecular complexity index is 983. The van der Waals surface area contributed by atoms with Crippen LogP contribution in [0.3, 0.4) is 0 Å². The molecular weight excluding hydrogens is 372 g/mol. The number of nitrogens with zero attached hydrogens (tertiary/aromatic N) is 1. The van der Waals surface area contributed by atoms with Crippen LogP contribution in [0.5, 0.6) is 0 Å². The maximum Gasteiger partial charge on any atom is 0.255 e. The zero-order chi connectivity index (χ0) is 20.5. The smallest absolute Gasteiger partial charge is 0.255 e. The average molecular weight is 401 g/mol. The summed E-state index contributed by atoms with van der Waals surface area (Å²) in [6.45, 7) is 8.84. The van der Waals surface area contributed by atoms with E-state index in [0.29, 0.717) is 18.7 Å². The molecule has 3 rings (SSSR count). The summed E-state index contributed by atoms with van der Waals surface area (Å²) in [5.41, 5.74) is 5.02. The molecule has 6 heteroatoms. The van der Waals surface area contributed by atoms with Gasteiger partial charge in [0.1, 0.15) is 0 Å². The zero-order valence-electron chi connectivity index (χ0n) is 17.0. The summed E-state index contributed by atoms with van der Waals surface area (Å²) in [5.74, 6) is -0.289. The van der Waals surface area contributed by atoms with Crippen molar-refractivity contribution in [2.24, 2.45) is 0 Å². The standard InChI is InChI=1S/C22H28N2O3S/c1-15-12-17(3)21(18(4)13-15)23-22(25)20-14-19(9-8-16(20)2)28(26,27)24-10-6-5-7-11-24/h8-9,12-14H,5-7,10-11H2,1-4H3,(H,23,25). The van der Waals surface area contributed by atoms with Crippen LogP contribution in [0.2, 0.25) is 0 Å². The van der Waals surface area contributed by atoms with Crippen LogP contribution in [0.1, 0.15) is 51.9 Å². The maximum absolute atomic E-state index is 13.0. The van der Waals surface area contributed by atoms with E-state index in [2.05, 4.69) is 5.32 Å². The van der Waals surface area contributed by atoms with Crippen molar-refractivity contribution in [1.82, 2.24) is 4.31 Å². The van der Waals surface area contributed by atoms with Crippen LogP contribution in [0, 0.1) is 27.7 Å². The molecule has 1 fully saturated rings. The quantitative estimate of drug-likeness (QED) is 0.830. The van der Waals surface area contributed by atoms with E-state index >= 15 is 0 Å². The lowest BCUT2D eigenvalue weighted by Gasteiger charge is -2.26. The van der Waals surface area contributed by atoms with Crippen molar-refractivity contribution < 1.29 is 13.2 Å². The van der Waals surface area contributed by atoms with Gasteiger partial charge in [0.2, 0.25) is 10.0 Å². The van der Waals surface area contributed by atoms with Crippen molar-refractivity contribution in [3.8, 4) is 0 Å². The second-order valence-corrected chi connectivity index (χ2v) is 9.61. The van der Waals surface area contributed by atoms with E-state index in [1.54, 1.807) is 12.1 Å². The number of hydrogen-bond acceptors (Lipinski definition) is 3. The third kappa shape index (κ3) is 4.13. The van der Waals surface area contributed by atoms with Crippen LogP contribution in [-0.4, -0.2) is 31.7 Å². The summed E-state index contributed by atoms with van der Waals surface area (Å²) in [5, 5.41) is 2.97. The number of piperidine rings is 1. The third-order valence-corrected chi connectivity index (χ3v) is 7.22. The highest BCUT2D eigenvalue weighted by atomic mass is 32.2. The van der Waals surface area contributed by atoms with Gasteiger partial charge in [0.05, 0.1) is 4.90 Å². The summed E-state index contributed by atoms with van der Waals surface area (Å²) in [6.07, 6.45) is 2.82. The lowest BCUT2D eigenvalue weighted by atomic mass is 10.0. The van der Waals surface area contributed by atoms with Crippen molar-refractivity contribution in [3.63, 3.8) is 0 Å². The number of carbonyl (C=O) groups is 1. The molecule has 1 aliphatic rings. The van der Waals surface area contributed by atoms with Crippen molar-refractivity contribution >= 4 is 21.6 Å². The first-order valence-electron chi connectivity index (χ1n) is 9.70. The van der Waals surface area contributed by atoms with Gasteiger partial charge in [-0.05, 0) is 69.4 Å². The molecule has 0 spiro atoms. The fourth-order valence-electron chi connectivity index (χ4n) is 3.82. The van der Waals surface area contributed by atoms with E-state index in [1.807, 2.05) is 39.8 Å². The van der Waals surface area contributed by atoms with Crippen LogP contribution < -0.4 is 5.32 Å². The van der Waals surface area contributed by atoms with Gasteiger partial charge in [0.25, 0.3) is 5.91 Å². The SMILES string of the molecule is Cc1cc(C)c(NC(=O)c2cc(S(=O)(=O)N3CCCCC3)ccc2C)c(C)c1. The molecule has 0 aliphatic carbocycles. The van der Waals surface area contributed by atoms with E-state index in [1.165, 1.54) is 10.4 Å². The number of rotatable bonds is 4. The number of anilines is 1. The Labute approximate surface area is 167 Å². The molecule has 0 saturated carbocycles. The molecule has 0 atom stereocenters. The number of aryl methyl sites for hydroxylation is 4. The minimum atomic E-state index is -3.58. The molecule has 1 heterocycles. The van der Waals surface area contributed by atoms with Crippen LogP contribution >= 0.6 is 0 Å². The normalized spacial score (nSPS) is 15.4. The number of sulfonamides is 1. The van der Waals surface area contributed by atoms with Crippen LogP contribution in [0.15, 0.2) is 35.2 Å². The van der Waals surface area contributed by atoms with Gasteiger partial charge in [-0.2, -0.15) is 4.31 Å². The van der Waals surface area contributed by atoms with Crippen LogP contribution in [-0.2, 0) is 10.0 Å². The highest BCUT2D eigenvalue weighted by Gasteiger charge is 2.27. The number of amides is 1. The minimum Gasteiger partial charge on any atom is -0.321 e. The number of nitrogens with one attached hydrogen (secondary N) is 1. The van der Waals surface area contributed by atoms with Crippen molar-refractivity contribution in [3.05, 3.63) is 58.1 Å². The van der Waals surface area contributed by atoms with E-state index < -0.39 is 10.0 Å². The highest BCUT2D eigenvalue weighted by Crippen LogP contribution is 2.26. The fraction of sp³-hybridized carbons (Fsp3) is 0.409. The van der Waals surface area contributed by atoms with Crippen molar-refractivity contribution in [2.45, 2.75) is 51.9 Å². The van der Waals surface area contributed by atoms with Gasteiger partial charge in [0.15, 0.2) is 0 Å². The summed E-state index contributed by atoms with van der Waals surface area (Å²) in [6, 6.07) is 8.85. The average Bonchev–Trinajstić information content (AvgIpc) is 2.65. The van der Waals surface area contributed by atoms with Gasteiger partial charge in [-0.1, -0.05) is 30.2 Å². The summed E-state index contributed by atoms with van der Waals surface area (Å²) in [7, 11) is -3.58. The Hall–Kier alpha value is -2.18. The highest BCUT2D eigenvalue weighted by molar-refractivity contribution is 7.89. The minimum absolute atomic E-state index is 0.183. The molecule has 1 saturated heterocycles. The Morgan fingerprint density at radius 1 is 0.893 bits per heavy atom. The first-order valence-corrected chi connectivity index (χ1v) is 11.1. The summed E-state index contributed by atoms with van der Waals surface area (Å²) in [4.78, 5) is 13.1. The second-order valence-electron chi connectivity index (χ2n) is 7.67. The first-order chi connectivity index (χ1) is 13.2. The van der Waals surface area contributed by atoms with E-state index in [9.17, 15) is 13.2 Å². The van der Waals surface area contributed by atoms with Crippen LogP contribution in [0.4, 0.5) is 5.69 Å². The van der Waals surface area contributed by atoms with Gasteiger partial charge < -0.3 is 5.32 Å². The lowest BCUT2D eigenvalue weighted by molar-refractivity contribution is 0.102. The molecular formula is C22H28N2O3S. The molecule has 2 aromatic rings. The Morgan fingerprint density at radius 3 is 2.11 bits per heavy atom. The summed E-state index contributed by atoms with van der Waals surface area (Å²) < 4.78 is 27.5. The molecule has 1 N–H and O–H groups in total. The van der Waals surface area contributed by atoms with E-state index in [-0.39, 0.29) is 10.8 Å². The monoisotopic (exact) mass is 400 g/mol. The fourth-order valence-corrected chi connectivity index (χ4v) is 5.36. The Balaban J connectivity index is 1.92. The largest absolute Gasteiger partial charge is 0.321 e. The lowest BCUT2D eigenvalue weighted by Crippen LogP contribution is -2.35. The van der Waals surface area contributed by atoms with Gasteiger partial charge in [0, 0.05) is 24.3 Å². The molecule has 1 amide bonds. The molecule has 0 bridgehead atoms. The van der Waals surface area contributed by atoms with Gasteiger partial charge in [-0.3, -0.25) is 4.79 Å². The molecule has 0 radical (unpaired) electrons.